The highest BCUT2D eigenvalue weighted by atomic mass is 16.5. The molecule has 0 aromatic heterocycles. The number of carbonyl (C=O) groups is 2. The van der Waals surface area contributed by atoms with Gasteiger partial charge in [0, 0.05) is 12.3 Å². The summed E-state index contributed by atoms with van der Waals surface area (Å²) < 4.78 is 5.82. The second-order valence-corrected chi connectivity index (χ2v) is 9.82. The molecule has 166 valence electrons. The molecular formula is C25H48O3. The first-order valence-electron chi connectivity index (χ1n) is 11.8. The molecule has 4 unspecified atom stereocenters. The topological polar surface area (TPSA) is 43.4 Å². The average Bonchev–Trinajstić information content (AvgIpc) is 2.62. The number of ether oxygens (including phenoxy) is 1. The number of carbonyl (C=O) groups excluding carboxylic acids is 2. The van der Waals surface area contributed by atoms with Crippen molar-refractivity contribution in [2.24, 2.45) is 29.6 Å². The van der Waals surface area contributed by atoms with Gasteiger partial charge in [0.25, 0.3) is 0 Å². The molecule has 0 aliphatic rings. The number of rotatable bonds is 17. The predicted octanol–water partition coefficient (Wildman–Crippen LogP) is 7.22. The minimum absolute atomic E-state index is 0.0300. The smallest absolute Gasteiger partial charge is 0.306 e. The van der Waals surface area contributed by atoms with E-state index in [0.717, 1.165) is 37.9 Å². The molecule has 28 heavy (non-hydrogen) atoms. The zero-order chi connectivity index (χ0) is 21.5. The van der Waals surface area contributed by atoms with E-state index in [1.54, 1.807) is 0 Å². The van der Waals surface area contributed by atoms with Crippen molar-refractivity contribution in [2.45, 2.75) is 119 Å². The summed E-state index contributed by atoms with van der Waals surface area (Å²) in [6, 6.07) is 0. The van der Waals surface area contributed by atoms with Crippen molar-refractivity contribution in [3.05, 3.63) is 0 Å². The van der Waals surface area contributed by atoms with E-state index in [2.05, 4.69) is 41.5 Å². The SMILES string of the molecule is CCCC(CCCC(C)CC(C)C=O)CCC(OC(=O)CCC(C)C)C(C)C. The number of aldehydes is 1. The van der Waals surface area contributed by atoms with Crippen LogP contribution in [0.3, 0.4) is 0 Å². The molecule has 3 nitrogen and oxygen atoms in total. The molecule has 0 bridgehead atoms. The Morgan fingerprint density at radius 3 is 2.11 bits per heavy atom. The third-order valence-corrected chi connectivity index (χ3v) is 5.82. The van der Waals surface area contributed by atoms with Crippen molar-refractivity contribution >= 4 is 12.3 Å². The minimum atomic E-state index is -0.0300. The second kappa shape index (κ2) is 16.0. The molecule has 0 spiro atoms. The van der Waals surface area contributed by atoms with Crippen molar-refractivity contribution in [3.63, 3.8) is 0 Å². The Hall–Kier alpha value is -0.860. The van der Waals surface area contributed by atoms with Crippen LogP contribution in [0.4, 0.5) is 0 Å². The summed E-state index contributed by atoms with van der Waals surface area (Å²) in [5.41, 5.74) is 0. The lowest BCUT2D eigenvalue weighted by Gasteiger charge is -2.25. The largest absolute Gasteiger partial charge is 0.462 e. The molecule has 3 heteroatoms. The monoisotopic (exact) mass is 396 g/mol. The zero-order valence-electron chi connectivity index (χ0n) is 19.8. The van der Waals surface area contributed by atoms with Gasteiger partial charge in [0.05, 0.1) is 0 Å². The molecule has 0 aliphatic heterocycles. The fourth-order valence-corrected chi connectivity index (χ4v) is 3.97. The van der Waals surface area contributed by atoms with Crippen molar-refractivity contribution in [2.75, 3.05) is 0 Å². The molecular weight excluding hydrogens is 348 g/mol. The Morgan fingerprint density at radius 1 is 0.893 bits per heavy atom. The Labute approximate surface area is 175 Å². The summed E-state index contributed by atoms with van der Waals surface area (Å²) in [6.07, 6.45) is 11.8. The summed E-state index contributed by atoms with van der Waals surface area (Å²) in [6.45, 7) is 15.1. The molecule has 0 radical (unpaired) electrons. The molecule has 0 saturated heterocycles. The van der Waals surface area contributed by atoms with Crippen molar-refractivity contribution < 1.29 is 14.3 Å². The van der Waals surface area contributed by atoms with Crippen LogP contribution in [0.15, 0.2) is 0 Å². The van der Waals surface area contributed by atoms with Gasteiger partial charge < -0.3 is 9.53 Å². The quantitative estimate of drug-likeness (QED) is 0.192. The molecule has 0 rings (SSSR count). The van der Waals surface area contributed by atoms with Gasteiger partial charge in [-0.1, -0.05) is 80.6 Å². The van der Waals surface area contributed by atoms with Gasteiger partial charge in [-0.25, -0.2) is 0 Å². The highest BCUT2D eigenvalue weighted by Crippen LogP contribution is 2.26. The van der Waals surface area contributed by atoms with Crippen molar-refractivity contribution in [3.8, 4) is 0 Å². The molecule has 0 fully saturated rings. The lowest BCUT2D eigenvalue weighted by molar-refractivity contribution is -0.152. The number of esters is 1. The first kappa shape index (κ1) is 27.1. The second-order valence-electron chi connectivity index (χ2n) is 9.82. The maximum atomic E-state index is 12.1. The summed E-state index contributed by atoms with van der Waals surface area (Å²) in [5, 5.41) is 0. The van der Waals surface area contributed by atoms with E-state index in [9.17, 15) is 9.59 Å². The van der Waals surface area contributed by atoms with Crippen LogP contribution in [0, 0.1) is 29.6 Å². The molecule has 0 saturated carbocycles. The van der Waals surface area contributed by atoms with E-state index < -0.39 is 0 Å². The maximum absolute atomic E-state index is 12.1. The Kier molecular flexibility index (Phi) is 15.5. The standard InChI is InChI=1S/C25H48O3/c1-8-10-23(12-9-11-21(6)17-22(7)18-26)14-15-24(20(4)5)28-25(27)16-13-19(2)3/h18-24H,8-17H2,1-7H3. The summed E-state index contributed by atoms with van der Waals surface area (Å²) >= 11 is 0. The van der Waals surface area contributed by atoms with Crippen LogP contribution in [-0.2, 0) is 14.3 Å². The van der Waals surface area contributed by atoms with Crippen LogP contribution >= 0.6 is 0 Å². The van der Waals surface area contributed by atoms with E-state index in [0.29, 0.717) is 24.2 Å². The third-order valence-electron chi connectivity index (χ3n) is 5.82. The molecule has 0 aliphatic carbocycles. The Bertz CT molecular complexity index is 403. The molecule has 0 heterocycles. The summed E-state index contributed by atoms with van der Waals surface area (Å²) in [4.78, 5) is 23.0. The van der Waals surface area contributed by atoms with E-state index in [1.807, 2.05) is 6.92 Å². The van der Waals surface area contributed by atoms with Gasteiger partial charge >= 0.3 is 5.97 Å². The van der Waals surface area contributed by atoms with Crippen molar-refractivity contribution in [1.29, 1.82) is 0 Å². The van der Waals surface area contributed by atoms with Gasteiger partial charge in [-0.2, -0.15) is 0 Å². The molecule has 4 atom stereocenters. The lowest BCUT2D eigenvalue weighted by Crippen LogP contribution is -2.24. The van der Waals surface area contributed by atoms with Gasteiger partial charge in [-0.3, -0.25) is 4.79 Å². The average molecular weight is 397 g/mol. The maximum Gasteiger partial charge on any atom is 0.306 e. The fraction of sp³-hybridized carbons (Fsp3) is 0.920. The highest BCUT2D eigenvalue weighted by molar-refractivity contribution is 5.69. The summed E-state index contributed by atoms with van der Waals surface area (Å²) in [5.74, 6) is 2.39. The van der Waals surface area contributed by atoms with Crippen LogP contribution in [0.2, 0.25) is 0 Å². The lowest BCUT2D eigenvalue weighted by atomic mass is 9.87. The molecule has 0 aromatic carbocycles. The first-order valence-corrected chi connectivity index (χ1v) is 11.8. The highest BCUT2D eigenvalue weighted by Gasteiger charge is 2.20. The minimum Gasteiger partial charge on any atom is -0.462 e. The Morgan fingerprint density at radius 2 is 1.57 bits per heavy atom. The van der Waals surface area contributed by atoms with Gasteiger partial charge in [0.15, 0.2) is 0 Å². The Balaban J connectivity index is 4.39. The fourth-order valence-electron chi connectivity index (χ4n) is 3.97. The van der Waals surface area contributed by atoms with E-state index in [4.69, 9.17) is 4.74 Å². The zero-order valence-corrected chi connectivity index (χ0v) is 19.8. The summed E-state index contributed by atoms with van der Waals surface area (Å²) in [7, 11) is 0. The normalized spacial score (nSPS) is 16.0. The van der Waals surface area contributed by atoms with Crippen LogP contribution in [0.25, 0.3) is 0 Å². The van der Waals surface area contributed by atoms with Gasteiger partial charge in [-0.15, -0.1) is 0 Å². The first-order chi connectivity index (χ1) is 13.2. The van der Waals surface area contributed by atoms with Crippen LogP contribution in [-0.4, -0.2) is 18.4 Å². The van der Waals surface area contributed by atoms with Gasteiger partial charge in [0.1, 0.15) is 12.4 Å². The molecule has 0 amide bonds. The third kappa shape index (κ3) is 14.2. The molecule has 0 aromatic rings. The van der Waals surface area contributed by atoms with Gasteiger partial charge in [-0.05, 0) is 49.4 Å². The van der Waals surface area contributed by atoms with E-state index >= 15 is 0 Å². The van der Waals surface area contributed by atoms with Crippen LogP contribution < -0.4 is 0 Å². The van der Waals surface area contributed by atoms with Gasteiger partial charge in [0.2, 0.25) is 0 Å². The number of hydrogen-bond donors (Lipinski definition) is 0. The van der Waals surface area contributed by atoms with E-state index in [-0.39, 0.29) is 18.0 Å². The van der Waals surface area contributed by atoms with Crippen LogP contribution in [0.5, 0.6) is 0 Å². The van der Waals surface area contributed by atoms with Crippen molar-refractivity contribution in [1.82, 2.24) is 0 Å². The van der Waals surface area contributed by atoms with Crippen LogP contribution in [0.1, 0.15) is 113 Å². The molecule has 0 N–H and O–H groups in total. The predicted molar refractivity (Wildman–Crippen MR) is 119 cm³/mol. The van der Waals surface area contributed by atoms with E-state index in [1.165, 1.54) is 32.1 Å². The number of hydrogen-bond acceptors (Lipinski definition) is 3.